The lowest BCUT2D eigenvalue weighted by atomic mass is 9.80. The van der Waals surface area contributed by atoms with Gasteiger partial charge in [0.1, 0.15) is 5.15 Å². The Hall–Kier alpha value is -3.66. The van der Waals surface area contributed by atoms with Crippen molar-refractivity contribution < 1.29 is 18.1 Å². The number of aryl methyl sites for hydroxylation is 1. The summed E-state index contributed by atoms with van der Waals surface area (Å²) in [5.74, 6) is -2.63. The van der Waals surface area contributed by atoms with E-state index in [9.17, 15) is 13.6 Å². The molecule has 1 atom stereocenters. The molecule has 0 bridgehead atoms. The van der Waals surface area contributed by atoms with Gasteiger partial charge in [-0.3, -0.25) is 9.48 Å². The second-order valence-corrected chi connectivity index (χ2v) is 7.70. The van der Waals surface area contributed by atoms with Crippen molar-refractivity contribution in [2.24, 2.45) is 7.05 Å². The smallest absolute Gasteiger partial charge is 0.273 e. The maximum atomic E-state index is 13.9. The third-order valence-corrected chi connectivity index (χ3v) is 5.26. The highest BCUT2D eigenvalue weighted by Gasteiger charge is 2.33. The van der Waals surface area contributed by atoms with Gasteiger partial charge in [0.05, 0.1) is 22.9 Å². The standard InChI is InChI=1S/C21H17ClF2N6O2/c1-21(12-9-26-30(2)10-12,16-4-3-5-17(22)27-16)11-25-20(31)14-8-15(32-29-14)13-6-7-18(23)28-19(13)24/h3-10H,11H2,1-2H3,(H,25,31). The number of pyridine rings is 2. The fourth-order valence-electron chi connectivity index (χ4n) is 3.21. The molecule has 8 nitrogen and oxygen atoms in total. The van der Waals surface area contributed by atoms with Crippen LogP contribution in [0, 0.1) is 11.9 Å². The van der Waals surface area contributed by atoms with E-state index in [2.05, 4.69) is 25.5 Å². The van der Waals surface area contributed by atoms with Gasteiger partial charge < -0.3 is 9.84 Å². The summed E-state index contributed by atoms with van der Waals surface area (Å²) in [6.07, 6.45) is 3.51. The Morgan fingerprint density at radius 2 is 2.06 bits per heavy atom. The van der Waals surface area contributed by atoms with Gasteiger partial charge in [0.2, 0.25) is 11.9 Å². The van der Waals surface area contributed by atoms with Gasteiger partial charge in [-0.05, 0) is 31.2 Å². The average Bonchev–Trinajstić information content (AvgIpc) is 3.41. The van der Waals surface area contributed by atoms with Gasteiger partial charge in [0.15, 0.2) is 11.5 Å². The van der Waals surface area contributed by atoms with E-state index in [-0.39, 0.29) is 23.6 Å². The molecule has 1 N–H and O–H groups in total. The highest BCUT2D eigenvalue weighted by Crippen LogP contribution is 2.31. The van der Waals surface area contributed by atoms with Gasteiger partial charge >= 0.3 is 0 Å². The van der Waals surface area contributed by atoms with Crippen molar-refractivity contribution >= 4 is 17.5 Å². The molecule has 0 saturated heterocycles. The lowest BCUT2D eigenvalue weighted by Gasteiger charge is -2.28. The summed E-state index contributed by atoms with van der Waals surface area (Å²) in [4.78, 5) is 20.2. The van der Waals surface area contributed by atoms with Gasteiger partial charge in [-0.15, -0.1) is 0 Å². The van der Waals surface area contributed by atoms with E-state index in [1.807, 2.05) is 19.2 Å². The fraction of sp³-hybridized carbons (Fsp3) is 0.190. The van der Waals surface area contributed by atoms with Crippen LogP contribution in [-0.4, -0.2) is 37.4 Å². The number of rotatable bonds is 6. The van der Waals surface area contributed by atoms with Crippen LogP contribution < -0.4 is 5.32 Å². The summed E-state index contributed by atoms with van der Waals surface area (Å²) < 4.78 is 33.6. The minimum atomic E-state index is -1.07. The van der Waals surface area contributed by atoms with Crippen molar-refractivity contribution in [2.45, 2.75) is 12.3 Å². The highest BCUT2D eigenvalue weighted by molar-refractivity contribution is 6.29. The average molecular weight is 459 g/mol. The molecule has 4 rings (SSSR count). The molecular formula is C21H17ClF2N6O2. The first-order valence-electron chi connectivity index (χ1n) is 9.46. The maximum absolute atomic E-state index is 13.9. The van der Waals surface area contributed by atoms with Crippen LogP contribution in [-0.2, 0) is 12.5 Å². The Labute approximate surface area is 186 Å². The van der Waals surface area contributed by atoms with Crippen molar-refractivity contribution in [3.8, 4) is 11.3 Å². The minimum absolute atomic E-state index is 0.0494. The van der Waals surface area contributed by atoms with E-state index in [0.29, 0.717) is 10.8 Å². The molecule has 0 fully saturated rings. The Morgan fingerprint density at radius 3 is 2.75 bits per heavy atom. The molecule has 0 aliphatic heterocycles. The van der Waals surface area contributed by atoms with Crippen LogP contribution in [0.3, 0.4) is 0 Å². The van der Waals surface area contributed by atoms with Crippen LogP contribution in [0.25, 0.3) is 11.3 Å². The predicted octanol–water partition coefficient (Wildman–Crippen LogP) is 3.53. The van der Waals surface area contributed by atoms with E-state index in [0.717, 1.165) is 17.7 Å². The summed E-state index contributed by atoms with van der Waals surface area (Å²) in [5, 5.41) is 11.0. The molecule has 11 heteroatoms. The van der Waals surface area contributed by atoms with Crippen molar-refractivity contribution in [1.29, 1.82) is 0 Å². The van der Waals surface area contributed by atoms with Crippen LogP contribution >= 0.6 is 11.6 Å². The molecule has 0 aliphatic carbocycles. The molecular weight excluding hydrogens is 442 g/mol. The van der Waals surface area contributed by atoms with Gasteiger partial charge in [-0.2, -0.15) is 18.9 Å². The van der Waals surface area contributed by atoms with Gasteiger partial charge in [0, 0.05) is 31.4 Å². The fourth-order valence-corrected chi connectivity index (χ4v) is 3.38. The zero-order valence-electron chi connectivity index (χ0n) is 17.0. The Bertz CT molecular complexity index is 1290. The number of hydrogen-bond donors (Lipinski definition) is 1. The van der Waals surface area contributed by atoms with Crippen LogP contribution in [0.4, 0.5) is 8.78 Å². The lowest BCUT2D eigenvalue weighted by Crippen LogP contribution is -2.40. The van der Waals surface area contributed by atoms with Crippen molar-refractivity contribution in [3.63, 3.8) is 0 Å². The van der Waals surface area contributed by atoms with Crippen molar-refractivity contribution in [2.75, 3.05) is 6.54 Å². The third-order valence-electron chi connectivity index (χ3n) is 5.05. The Balaban J connectivity index is 1.58. The molecule has 0 aromatic carbocycles. The van der Waals surface area contributed by atoms with E-state index in [1.54, 1.807) is 30.1 Å². The number of amides is 1. The van der Waals surface area contributed by atoms with Gasteiger partial charge in [-0.1, -0.05) is 22.8 Å². The van der Waals surface area contributed by atoms with Gasteiger partial charge in [-0.25, -0.2) is 4.98 Å². The van der Waals surface area contributed by atoms with Crippen LogP contribution in [0.2, 0.25) is 5.15 Å². The van der Waals surface area contributed by atoms with E-state index in [4.69, 9.17) is 16.1 Å². The largest absolute Gasteiger partial charge is 0.355 e. The van der Waals surface area contributed by atoms with Gasteiger partial charge in [0.25, 0.3) is 5.91 Å². The number of carbonyl (C=O) groups is 1. The predicted molar refractivity (Wildman–Crippen MR) is 111 cm³/mol. The number of hydrogen-bond acceptors (Lipinski definition) is 6. The Kier molecular flexibility index (Phi) is 5.70. The monoisotopic (exact) mass is 458 g/mol. The maximum Gasteiger partial charge on any atom is 0.273 e. The lowest BCUT2D eigenvalue weighted by molar-refractivity contribution is 0.0938. The number of nitrogens with zero attached hydrogens (tertiary/aromatic N) is 5. The van der Waals surface area contributed by atoms with E-state index in [1.165, 1.54) is 6.07 Å². The number of halogens is 3. The summed E-state index contributed by atoms with van der Waals surface area (Å²) >= 11 is 6.08. The first-order chi connectivity index (χ1) is 15.3. The second kappa shape index (κ2) is 8.46. The van der Waals surface area contributed by atoms with Crippen LogP contribution in [0.15, 0.2) is 53.3 Å². The summed E-state index contributed by atoms with van der Waals surface area (Å²) in [6, 6.07) is 8.64. The molecule has 164 valence electrons. The highest BCUT2D eigenvalue weighted by atomic mass is 35.5. The molecule has 1 amide bonds. The SMILES string of the molecule is Cn1cc(C(C)(CNC(=O)c2cc(-c3ccc(F)nc3F)on2)c2cccc(Cl)n2)cn1. The summed E-state index contributed by atoms with van der Waals surface area (Å²) in [7, 11) is 1.79. The topological polar surface area (TPSA) is 98.7 Å². The quantitative estimate of drug-likeness (QED) is 0.444. The zero-order valence-corrected chi connectivity index (χ0v) is 17.8. The molecule has 0 radical (unpaired) electrons. The summed E-state index contributed by atoms with van der Waals surface area (Å²) in [5.41, 5.74) is 0.514. The minimum Gasteiger partial charge on any atom is -0.355 e. The number of carbonyl (C=O) groups excluding carboxylic acids is 1. The number of nitrogens with one attached hydrogen (secondary N) is 1. The molecule has 1 unspecified atom stereocenters. The van der Waals surface area contributed by atoms with Crippen LogP contribution in [0.5, 0.6) is 0 Å². The first kappa shape index (κ1) is 21.6. The Morgan fingerprint density at radius 1 is 1.25 bits per heavy atom. The van der Waals surface area contributed by atoms with E-state index < -0.39 is 23.2 Å². The summed E-state index contributed by atoms with van der Waals surface area (Å²) in [6.45, 7) is 2.04. The zero-order chi connectivity index (χ0) is 22.9. The van der Waals surface area contributed by atoms with Crippen molar-refractivity contribution in [3.05, 3.63) is 82.8 Å². The molecule has 4 aromatic rings. The first-order valence-corrected chi connectivity index (χ1v) is 9.83. The van der Waals surface area contributed by atoms with Crippen LogP contribution in [0.1, 0.15) is 28.7 Å². The third kappa shape index (κ3) is 4.22. The molecule has 32 heavy (non-hydrogen) atoms. The molecule has 0 saturated carbocycles. The van der Waals surface area contributed by atoms with Crippen molar-refractivity contribution in [1.82, 2.24) is 30.2 Å². The molecule has 0 aliphatic rings. The van der Waals surface area contributed by atoms with E-state index >= 15 is 0 Å². The normalized spacial score (nSPS) is 13.0. The molecule has 4 heterocycles. The number of aromatic nitrogens is 5. The molecule has 4 aromatic heterocycles. The molecule has 0 spiro atoms. The second-order valence-electron chi connectivity index (χ2n) is 7.31.